The van der Waals surface area contributed by atoms with Crippen molar-refractivity contribution in [1.29, 1.82) is 0 Å². The Morgan fingerprint density at radius 3 is 2.70 bits per heavy atom. The monoisotopic (exact) mass is 346 g/mol. The van der Waals surface area contributed by atoms with Crippen LogP contribution in [0.15, 0.2) is 12.1 Å². The molecule has 1 saturated heterocycles. The second kappa shape index (κ2) is 7.23. The first-order chi connectivity index (χ1) is 10.8. The molecule has 1 aromatic rings. The Hall–Kier alpha value is -1.73. The minimum Gasteiger partial charge on any atom is -0.393 e. The van der Waals surface area contributed by atoms with Crippen molar-refractivity contribution in [2.45, 2.75) is 25.9 Å². The van der Waals surface area contributed by atoms with Crippen LogP contribution in [0, 0.1) is 17.6 Å². The van der Waals surface area contributed by atoms with Gasteiger partial charge >= 0.3 is 11.8 Å². The fourth-order valence-electron chi connectivity index (χ4n) is 2.53. The highest BCUT2D eigenvalue weighted by molar-refractivity contribution is 6.41. The molecule has 2 unspecified atom stereocenters. The zero-order chi connectivity index (χ0) is 17.1. The van der Waals surface area contributed by atoms with E-state index in [2.05, 4.69) is 5.32 Å². The van der Waals surface area contributed by atoms with Crippen molar-refractivity contribution in [3.05, 3.63) is 28.8 Å². The predicted octanol–water partition coefficient (Wildman–Crippen LogP) is 2.18. The summed E-state index contributed by atoms with van der Waals surface area (Å²) in [5.74, 6) is -4.19. The van der Waals surface area contributed by atoms with Gasteiger partial charge < -0.3 is 15.3 Å². The third-order valence-electron chi connectivity index (χ3n) is 3.88. The third kappa shape index (κ3) is 4.17. The highest BCUT2D eigenvalue weighted by Crippen LogP contribution is 2.25. The number of nitrogens with zero attached hydrogens (tertiary/aromatic N) is 1. The van der Waals surface area contributed by atoms with Crippen LogP contribution in [0.3, 0.4) is 0 Å². The minimum absolute atomic E-state index is 0.0904. The molecule has 0 aromatic heterocycles. The molecule has 5 nitrogen and oxygen atoms in total. The van der Waals surface area contributed by atoms with E-state index >= 15 is 0 Å². The van der Waals surface area contributed by atoms with E-state index in [0.29, 0.717) is 13.0 Å². The van der Waals surface area contributed by atoms with Crippen molar-refractivity contribution in [1.82, 2.24) is 4.90 Å². The number of likely N-dealkylation sites (tertiary alicyclic amines) is 1. The van der Waals surface area contributed by atoms with Crippen LogP contribution in [0.4, 0.5) is 14.5 Å². The fourth-order valence-corrected chi connectivity index (χ4v) is 2.72. The van der Waals surface area contributed by atoms with Crippen molar-refractivity contribution in [2.75, 3.05) is 18.4 Å². The fraction of sp³-hybridized carbons (Fsp3) is 0.467. The van der Waals surface area contributed by atoms with Crippen molar-refractivity contribution >= 4 is 29.1 Å². The van der Waals surface area contributed by atoms with E-state index in [1.807, 2.05) is 0 Å². The zero-order valence-corrected chi connectivity index (χ0v) is 13.2. The Labute approximate surface area is 137 Å². The van der Waals surface area contributed by atoms with E-state index < -0.39 is 29.6 Å². The number of amides is 2. The Bertz CT molecular complexity index is 625. The molecule has 126 valence electrons. The van der Waals surface area contributed by atoms with Gasteiger partial charge in [0.2, 0.25) is 0 Å². The molecule has 1 aliphatic rings. The number of anilines is 1. The first kappa shape index (κ1) is 17.6. The van der Waals surface area contributed by atoms with E-state index in [4.69, 9.17) is 11.6 Å². The van der Waals surface area contributed by atoms with Crippen LogP contribution in [0.5, 0.6) is 0 Å². The molecule has 2 atom stereocenters. The molecule has 0 radical (unpaired) electrons. The smallest absolute Gasteiger partial charge is 0.313 e. The third-order valence-corrected chi connectivity index (χ3v) is 4.19. The van der Waals surface area contributed by atoms with Crippen LogP contribution in [0.2, 0.25) is 5.02 Å². The summed E-state index contributed by atoms with van der Waals surface area (Å²) < 4.78 is 26.2. The van der Waals surface area contributed by atoms with Crippen LogP contribution in [0.1, 0.15) is 19.8 Å². The molecule has 2 amide bonds. The molecule has 1 fully saturated rings. The van der Waals surface area contributed by atoms with Crippen molar-refractivity contribution in [3.63, 3.8) is 0 Å². The molecule has 1 aliphatic heterocycles. The van der Waals surface area contributed by atoms with Gasteiger partial charge in [0.05, 0.1) is 16.8 Å². The molecule has 1 aromatic carbocycles. The molecular formula is C15H17ClF2N2O3. The number of nitrogens with one attached hydrogen (secondary N) is 1. The highest BCUT2D eigenvalue weighted by Gasteiger charge is 2.30. The SMILES string of the molecule is CC(O)C1CCCN(C(=O)C(=O)Nc2cc(F)c(F)cc2Cl)C1. The van der Waals surface area contributed by atoms with Gasteiger partial charge in [-0.25, -0.2) is 8.78 Å². The van der Waals surface area contributed by atoms with E-state index in [9.17, 15) is 23.5 Å². The van der Waals surface area contributed by atoms with Crippen LogP contribution in [-0.4, -0.2) is 41.0 Å². The number of rotatable bonds is 2. The average Bonchev–Trinajstić information content (AvgIpc) is 2.51. The average molecular weight is 347 g/mol. The van der Waals surface area contributed by atoms with Crippen LogP contribution < -0.4 is 5.32 Å². The molecule has 2 N–H and O–H groups in total. The van der Waals surface area contributed by atoms with Gasteiger partial charge in [0, 0.05) is 25.1 Å². The molecule has 0 saturated carbocycles. The molecular weight excluding hydrogens is 330 g/mol. The van der Waals surface area contributed by atoms with Gasteiger partial charge in [-0.15, -0.1) is 0 Å². The summed E-state index contributed by atoms with van der Waals surface area (Å²) in [6, 6.07) is 1.44. The molecule has 1 heterocycles. The molecule has 0 spiro atoms. The summed E-state index contributed by atoms with van der Waals surface area (Å²) in [6.07, 6.45) is 0.882. The lowest BCUT2D eigenvalue weighted by Gasteiger charge is -2.33. The standard InChI is InChI=1S/C15H17ClF2N2O3/c1-8(21)9-3-2-4-20(7-9)15(23)14(22)19-13-6-12(18)11(17)5-10(13)16/h5-6,8-9,21H,2-4,7H2,1H3,(H,19,22). The summed E-state index contributed by atoms with van der Waals surface area (Å²) in [5.41, 5.74) is -0.173. The molecule has 23 heavy (non-hydrogen) atoms. The normalized spacial score (nSPS) is 19.3. The van der Waals surface area contributed by atoms with Crippen molar-refractivity contribution in [2.24, 2.45) is 5.92 Å². The number of piperidine rings is 1. The maximum atomic E-state index is 13.2. The van der Waals surface area contributed by atoms with Gasteiger partial charge in [-0.1, -0.05) is 11.6 Å². The van der Waals surface area contributed by atoms with Gasteiger partial charge in [-0.05, 0) is 25.8 Å². The first-order valence-electron chi connectivity index (χ1n) is 7.22. The predicted molar refractivity (Wildman–Crippen MR) is 81.0 cm³/mol. The van der Waals surface area contributed by atoms with E-state index in [1.54, 1.807) is 6.92 Å². The van der Waals surface area contributed by atoms with Gasteiger partial charge in [0.1, 0.15) is 0 Å². The lowest BCUT2D eigenvalue weighted by molar-refractivity contribution is -0.144. The number of halogens is 3. The number of aliphatic hydroxyl groups excluding tert-OH is 1. The zero-order valence-electron chi connectivity index (χ0n) is 12.5. The second-order valence-electron chi connectivity index (χ2n) is 5.59. The largest absolute Gasteiger partial charge is 0.393 e. The van der Waals surface area contributed by atoms with Crippen molar-refractivity contribution < 1.29 is 23.5 Å². The number of hydrogen-bond acceptors (Lipinski definition) is 3. The topological polar surface area (TPSA) is 69.6 Å². The van der Waals surface area contributed by atoms with Crippen LogP contribution in [0.25, 0.3) is 0 Å². The number of carbonyl (C=O) groups excluding carboxylic acids is 2. The van der Waals surface area contributed by atoms with Crippen LogP contribution in [-0.2, 0) is 9.59 Å². The molecule has 8 heteroatoms. The molecule has 2 rings (SSSR count). The van der Waals surface area contributed by atoms with Gasteiger partial charge in [-0.3, -0.25) is 9.59 Å². The molecule has 0 bridgehead atoms. The number of carbonyl (C=O) groups is 2. The number of benzene rings is 1. The quantitative estimate of drug-likeness (QED) is 0.637. The summed E-state index contributed by atoms with van der Waals surface area (Å²) >= 11 is 5.72. The summed E-state index contributed by atoms with van der Waals surface area (Å²) in [6.45, 7) is 2.32. The van der Waals surface area contributed by atoms with Crippen molar-refractivity contribution in [3.8, 4) is 0 Å². The second-order valence-corrected chi connectivity index (χ2v) is 6.00. The molecule has 0 aliphatic carbocycles. The minimum atomic E-state index is -1.18. The van der Waals surface area contributed by atoms with Gasteiger partial charge in [0.15, 0.2) is 11.6 Å². The maximum absolute atomic E-state index is 13.2. The van der Waals surface area contributed by atoms with Crippen LogP contribution >= 0.6 is 11.6 Å². The number of aliphatic hydroxyl groups is 1. The highest BCUT2D eigenvalue weighted by atomic mass is 35.5. The Kier molecular flexibility index (Phi) is 5.54. The Morgan fingerprint density at radius 1 is 1.39 bits per heavy atom. The van der Waals surface area contributed by atoms with E-state index in [-0.39, 0.29) is 23.2 Å². The Balaban J connectivity index is 2.06. The van der Waals surface area contributed by atoms with E-state index in [1.165, 1.54) is 4.90 Å². The summed E-state index contributed by atoms with van der Waals surface area (Å²) in [5, 5.41) is 11.6. The number of hydrogen-bond donors (Lipinski definition) is 2. The summed E-state index contributed by atoms with van der Waals surface area (Å²) in [4.78, 5) is 25.5. The maximum Gasteiger partial charge on any atom is 0.313 e. The van der Waals surface area contributed by atoms with Gasteiger partial charge in [0.25, 0.3) is 0 Å². The van der Waals surface area contributed by atoms with E-state index in [0.717, 1.165) is 18.6 Å². The van der Waals surface area contributed by atoms with Gasteiger partial charge in [-0.2, -0.15) is 0 Å². The summed E-state index contributed by atoms with van der Waals surface area (Å²) in [7, 11) is 0. The lowest BCUT2D eigenvalue weighted by atomic mass is 9.93. The first-order valence-corrected chi connectivity index (χ1v) is 7.60. The lowest BCUT2D eigenvalue weighted by Crippen LogP contribution is -2.47. The Morgan fingerprint density at radius 2 is 2.04 bits per heavy atom.